The Hall–Kier alpha value is -1.34. The lowest BCUT2D eigenvalue weighted by Crippen LogP contribution is -2.51. The van der Waals surface area contributed by atoms with Gasteiger partial charge in [-0.25, -0.2) is 9.59 Å². The molecule has 2 rings (SSSR count). The SMILES string of the molecule is CC(O)C1CCN(C(=O)N2C[C@H](O)C[C@H]2C(=O)O)CC1. The second-order valence-electron chi connectivity index (χ2n) is 5.74. The number of likely N-dealkylation sites (tertiary alicyclic amines) is 2. The predicted octanol–water partition coefficient (Wildman–Crippen LogP) is -0.281. The van der Waals surface area contributed by atoms with Gasteiger partial charge in [0.2, 0.25) is 0 Å². The number of aliphatic carboxylic acids is 1. The topological polar surface area (TPSA) is 101 Å². The molecule has 2 aliphatic rings. The highest BCUT2D eigenvalue weighted by molar-refractivity contribution is 5.83. The Morgan fingerprint density at radius 1 is 1.25 bits per heavy atom. The van der Waals surface area contributed by atoms with Crippen LogP contribution in [0, 0.1) is 5.92 Å². The molecule has 2 fully saturated rings. The number of carboxylic acids is 1. The number of β-amino-alcohol motifs (C(OH)–C–C–N with tert-alkyl or cyclic N) is 1. The van der Waals surface area contributed by atoms with Gasteiger partial charge in [-0.05, 0) is 25.7 Å². The number of hydrogen-bond donors (Lipinski definition) is 3. The van der Waals surface area contributed by atoms with Crippen molar-refractivity contribution < 1.29 is 24.9 Å². The maximum Gasteiger partial charge on any atom is 0.326 e. The minimum atomic E-state index is -1.08. The van der Waals surface area contributed by atoms with Crippen LogP contribution in [0.15, 0.2) is 0 Å². The molecule has 2 aliphatic heterocycles. The third kappa shape index (κ3) is 3.04. The van der Waals surface area contributed by atoms with Gasteiger partial charge in [0.05, 0.1) is 12.2 Å². The number of aliphatic hydroxyl groups is 2. The Labute approximate surface area is 117 Å². The highest BCUT2D eigenvalue weighted by atomic mass is 16.4. The van der Waals surface area contributed by atoms with Crippen LogP contribution < -0.4 is 0 Å². The molecule has 114 valence electrons. The fraction of sp³-hybridized carbons (Fsp3) is 0.846. The number of carbonyl (C=O) groups is 2. The molecule has 2 heterocycles. The molecule has 2 saturated heterocycles. The second kappa shape index (κ2) is 5.97. The molecule has 0 aromatic heterocycles. The lowest BCUT2D eigenvalue weighted by Gasteiger charge is -2.36. The van der Waals surface area contributed by atoms with Crippen molar-refractivity contribution in [2.45, 2.75) is 44.4 Å². The highest BCUT2D eigenvalue weighted by Gasteiger charge is 2.41. The molecular formula is C13H22N2O5. The highest BCUT2D eigenvalue weighted by Crippen LogP contribution is 2.24. The average molecular weight is 286 g/mol. The van der Waals surface area contributed by atoms with Gasteiger partial charge >= 0.3 is 12.0 Å². The summed E-state index contributed by atoms with van der Waals surface area (Å²) in [4.78, 5) is 26.3. The fourth-order valence-electron chi connectivity index (χ4n) is 3.01. The number of amides is 2. The monoisotopic (exact) mass is 286 g/mol. The number of hydrogen-bond acceptors (Lipinski definition) is 4. The molecule has 3 atom stereocenters. The maximum absolute atomic E-state index is 12.4. The second-order valence-corrected chi connectivity index (χ2v) is 5.74. The first-order chi connectivity index (χ1) is 9.40. The minimum Gasteiger partial charge on any atom is -0.480 e. The largest absolute Gasteiger partial charge is 0.480 e. The summed E-state index contributed by atoms with van der Waals surface area (Å²) in [7, 11) is 0. The van der Waals surface area contributed by atoms with Crippen LogP contribution in [0.4, 0.5) is 4.79 Å². The molecule has 0 bridgehead atoms. The van der Waals surface area contributed by atoms with E-state index in [1.54, 1.807) is 11.8 Å². The predicted molar refractivity (Wildman–Crippen MR) is 70.1 cm³/mol. The van der Waals surface area contributed by atoms with Crippen LogP contribution in [0.5, 0.6) is 0 Å². The molecule has 7 nitrogen and oxygen atoms in total. The number of rotatable bonds is 2. The van der Waals surface area contributed by atoms with Gasteiger partial charge in [0.15, 0.2) is 0 Å². The van der Waals surface area contributed by atoms with Gasteiger partial charge in [0, 0.05) is 26.1 Å². The van der Waals surface area contributed by atoms with Crippen LogP contribution in [0.3, 0.4) is 0 Å². The summed E-state index contributed by atoms with van der Waals surface area (Å²) in [5.74, 6) is -0.882. The van der Waals surface area contributed by atoms with Crippen molar-refractivity contribution in [2.75, 3.05) is 19.6 Å². The summed E-state index contributed by atoms with van der Waals surface area (Å²) in [5, 5.41) is 28.2. The normalized spacial score (nSPS) is 29.6. The Morgan fingerprint density at radius 2 is 1.85 bits per heavy atom. The van der Waals surface area contributed by atoms with E-state index in [4.69, 9.17) is 5.11 Å². The Bertz CT molecular complexity index is 379. The van der Waals surface area contributed by atoms with Crippen molar-refractivity contribution in [1.29, 1.82) is 0 Å². The van der Waals surface area contributed by atoms with Gasteiger partial charge in [0.1, 0.15) is 6.04 Å². The summed E-state index contributed by atoms with van der Waals surface area (Å²) in [5.41, 5.74) is 0. The number of nitrogens with zero attached hydrogens (tertiary/aromatic N) is 2. The van der Waals surface area contributed by atoms with Crippen LogP contribution in [0.1, 0.15) is 26.2 Å². The van der Waals surface area contributed by atoms with Crippen LogP contribution in [-0.4, -0.2) is 75.0 Å². The van der Waals surface area contributed by atoms with Crippen molar-refractivity contribution in [2.24, 2.45) is 5.92 Å². The quantitative estimate of drug-likeness (QED) is 0.648. The number of carbonyl (C=O) groups excluding carboxylic acids is 1. The van der Waals surface area contributed by atoms with E-state index in [9.17, 15) is 19.8 Å². The van der Waals surface area contributed by atoms with E-state index in [1.165, 1.54) is 4.90 Å². The number of piperidine rings is 1. The van der Waals surface area contributed by atoms with Crippen LogP contribution in [-0.2, 0) is 4.79 Å². The van der Waals surface area contributed by atoms with Crippen molar-refractivity contribution in [1.82, 2.24) is 9.80 Å². The van der Waals surface area contributed by atoms with Gasteiger partial charge in [-0.3, -0.25) is 0 Å². The first-order valence-corrected chi connectivity index (χ1v) is 7.04. The summed E-state index contributed by atoms with van der Waals surface area (Å²) in [6.45, 7) is 2.87. The Kier molecular flexibility index (Phi) is 4.49. The molecule has 0 aromatic carbocycles. The molecule has 7 heteroatoms. The van der Waals surface area contributed by atoms with Crippen LogP contribution in [0.2, 0.25) is 0 Å². The smallest absolute Gasteiger partial charge is 0.326 e. The van der Waals surface area contributed by atoms with Gasteiger partial charge in [0.25, 0.3) is 0 Å². The third-order valence-electron chi connectivity index (χ3n) is 4.30. The van der Waals surface area contributed by atoms with Crippen LogP contribution in [0.25, 0.3) is 0 Å². The first kappa shape index (κ1) is 15.1. The van der Waals surface area contributed by atoms with E-state index in [1.807, 2.05) is 0 Å². The zero-order chi connectivity index (χ0) is 14.9. The summed E-state index contributed by atoms with van der Waals surface area (Å²) >= 11 is 0. The lowest BCUT2D eigenvalue weighted by atomic mass is 9.92. The van der Waals surface area contributed by atoms with E-state index in [0.717, 1.165) is 12.8 Å². The van der Waals surface area contributed by atoms with Crippen LogP contribution >= 0.6 is 0 Å². The van der Waals surface area contributed by atoms with E-state index < -0.39 is 18.1 Å². The van der Waals surface area contributed by atoms with E-state index in [2.05, 4.69) is 0 Å². The molecule has 1 unspecified atom stereocenters. The van der Waals surface area contributed by atoms with Crippen molar-refractivity contribution in [3.8, 4) is 0 Å². The van der Waals surface area contributed by atoms with Gasteiger partial charge in [-0.2, -0.15) is 0 Å². The zero-order valence-corrected chi connectivity index (χ0v) is 11.6. The van der Waals surface area contributed by atoms with E-state index >= 15 is 0 Å². The average Bonchev–Trinajstić information content (AvgIpc) is 2.80. The van der Waals surface area contributed by atoms with Crippen molar-refractivity contribution in [3.05, 3.63) is 0 Å². The Morgan fingerprint density at radius 3 is 2.35 bits per heavy atom. The fourth-order valence-corrected chi connectivity index (χ4v) is 3.01. The number of carboxylic acid groups (broad SMARTS) is 1. The minimum absolute atomic E-state index is 0.0755. The molecule has 0 aliphatic carbocycles. The van der Waals surface area contributed by atoms with Crippen molar-refractivity contribution in [3.63, 3.8) is 0 Å². The third-order valence-corrected chi connectivity index (χ3v) is 4.30. The molecule has 0 aromatic rings. The standard InChI is InChI=1S/C13H22N2O5/c1-8(16)9-2-4-14(5-3-9)13(20)15-7-10(17)6-11(15)12(18)19/h8-11,16-17H,2-7H2,1H3,(H,18,19)/t8?,10-,11+/m1/s1. The molecule has 2 amide bonds. The molecule has 0 spiro atoms. The lowest BCUT2D eigenvalue weighted by molar-refractivity contribution is -0.141. The molecule has 0 saturated carbocycles. The molecule has 20 heavy (non-hydrogen) atoms. The number of aliphatic hydroxyl groups excluding tert-OH is 2. The van der Waals surface area contributed by atoms with Gasteiger partial charge < -0.3 is 25.1 Å². The maximum atomic E-state index is 12.4. The van der Waals surface area contributed by atoms with Gasteiger partial charge in [-0.1, -0.05) is 0 Å². The summed E-state index contributed by atoms with van der Waals surface area (Å²) < 4.78 is 0. The Balaban J connectivity index is 1.96. The summed E-state index contributed by atoms with van der Waals surface area (Å²) in [6, 6.07) is -1.26. The molecular weight excluding hydrogens is 264 g/mol. The van der Waals surface area contributed by atoms with E-state index in [-0.39, 0.29) is 31.0 Å². The first-order valence-electron chi connectivity index (χ1n) is 7.04. The van der Waals surface area contributed by atoms with E-state index in [0.29, 0.717) is 13.1 Å². The summed E-state index contributed by atoms with van der Waals surface area (Å²) in [6.07, 6.45) is 0.378. The molecule has 0 radical (unpaired) electrons. The van der Waals surface area contributed by atoms with Gasteiger partial charge in [-0.15, -0.1) is 0 Å². The molecule has 3 N–H and O–H groups in total. The van der Waals surface area contributed by atoms with Crippen molar-refractivity contribution >= 4 is 12.0 Å². The number of urea groups is 1. The zero-order valence-electron chi connectivity index (χ0n) is 11.6.